The Bertz CT molecular complexity index is 269. The summed E-state index contributed by atoms with van der Waals surface area (Å²) >= 11 is 0. The molecule has 0 saturated heterocycles. The van der Waals surface area contributed by atoms with Crippen molar-refractivity contribution in [1.82, 2.24) is 4.48 Å². The topological polar surface area (TPSA) is 0 Å². The maximum Gasteiger partial charge on any atom is 0.132 e. The van der Waals surface area contributed by atoms with Crippen LogP contribution in [0.4, 0.5) is 5.69 Å². The average Bonchev–Trinajstić information content (AvgIpc) is 2.03. The summed E-state index contributed by atoms with van der Waals surface area (Å²) in [5.74, 6) is 0. The summed E-state index contributed by atoms with van der Waals surface area (Å²) in [4.78, 5) is 0. The molecule has 2 heteroatoms. The van der Waals surface area contributed by atoms with E-state index in [1.807, 2.05) is 6.08 Å². The van der Waals surface area contributed by atoms with Crippen molar-refractivity contribution in [2.75, 3.05) is 21.1 Å². The van der Waals surface area contributed by atoms with Crippen LogP contribution in [0.2, 0.25) is 0 Å². The van der Waals surface area contributed by atoms with Gasteiger partial charge in [0.15, 0.2) is 0 Å². The Balaban J connectivity index is 0.00000144. The minimum atomic E-state index is 0. The number of halogens is 1. The first-order valence-corrected chi connectivity index (χ1v) is 4.08. The molecule has 0 aliphatic heterocycles. The van der Waals surface area contributed by atoms with E-state index in [2.05, 4.69) is 52.0 Å². The second-order valence-electron chi connectivity index (χ2n) is 3.81. The van der Waals surface area contributed by atoms with Crippen LogP contribution in [0.5, 0.6) is 0 Å². The van der Waals surface area contributed by atoms with Gasteiger partial charge in [0.2, 0.25) is 0 Å². The Morgan fingerprint density at radius 3 is 1.85 bits per heavy atom. The van der Waals surface area contributed by atoms with Gasteiger partial charge in [0.25, 0.3) is 0 Å². The molecule has 0 heterocycles. The predicted molar refractivity (Wildman–Crippen MR) is 56.1 cm³/mol. The van der Waals surface area contributed by atoms with Crippen LogP contribution < -0.4 is 16.9 Å². The first-order chi connectivity index (χ1) is 5.54. The Morgan fingerprint density at radius 1 is 1.08 bits per heavy atom. The molecule has 1 aromatic rings. The third-order valence-electron chi connectivity index (χ3n) is 1.90. The van der Waals surface area contributed by atoms with Gasteiger partial charge in [-0.25, -0.2) is 0 Å². The summed E-state index contributed by atoms with van der Waals surface area (Å²) in [5, 5.41) is 0. The fraction of sp³-hybridized carbons (Fsp3) is 0.273. The zero-order valence-corrected chi connectivity index (χ0v) is 9.17. The summed E-state index contributed by atoms with van der Waals surface area (Å²) in [6.07, 6.45) is 1.86. The SMILES string of the molecule is C=Cc1ccc([N+](C)(C)C)cc1.[Cl-]. The summed E-state index contributed by atoms with van der Waals surface area (Å²) in [5.41, 5.74) is 2.48. The lowest BCUT2D eigenvalue weighted by Crippen LogP contribution is -3.00. The fourth-order valence-corrected chi connectivity index (χ4v) is 1.06. The van der Waals surface area contributed by atoms with Crippen LogP contribution in [0.3, 0.4) is 0 Å². The quantitative estimate of drug-likeness (QED) is 0.563. The summed E-state index contributed by atoms with van der Waals surface area (Å²) in [6.45, 7) is 3.72. The Morgan fingerprint density at radius 2 is 1.54 bits per heavy atom. The van der Waals surface area contributed by atoms with Gasteiger partial charge in [0, 0.05) is 0 Å². The third kappa shape index (κ3) is 3.21. The zero-order chi connectivity index (χ0) is 9.19. The van der Waals surface area contributed by atoms with Crippen LogP contribution in [0.25, 0.3) is 6.08 Å². The van der Waals surface area contributed by atoms with Gasteiger partial charge in [-0.15, -0.1) is 0 Å². The molecule has 72 valence electrons. The van der Waals surface area contributed by atoms with Crippen LogP contribution in [0.1, 0.15) is 5.56 Å². The van der Waals surface area contributed by atoms with E-state index < -0.39 is 0 Å². The lowest BCUT2D eigenvalue weighted by atomic mass is 10.2. The van der Waals surface area contributed by atoms with Crippen LogP contribution in [-0.4, -0.2) is 21.1 Å². The van der Waals surface area contributed by atoms with Crippen molar-refractivity contribution >= 4 is 11.8 Å². The first-order valence-electron chi connectivity index (χ1n) is 4.08. The zero-order valence-electron chi connectivity index (χ0n) is 8.42. The molecule has 0 fully saturated rings. The second kappa shape index (κ2) is 4.45. The molecule has 0 spiro atoms. The molecular weight excluding hydrogens is 182 g/mol. The second-order valence-corrected chi connectivity index (χ2v) is 3.81. The van der Waals surface area contributed by atoms with Gasteiger partial charge < -0.3 is 12.4 Å². The van der Waals surface area contributed by atoms with E-state index in [-0.39, 0.29) is 12.4 Å². The monoisotopic (exact) mass is 197 g/mol. The average molecular weight is 198 g/mol. The summed E-state index contributed by atoms with van der Waals surface area (Å²) in [7, 11) is 6.47. The number of rotatable bonds is 2. The standard InChI is InChI=1S/C11H16N.ClH/c1-5-10-6-8-11(9-7-10)12(2,3)4;/h5-9H,1H2,2-4H3;1H/q+1;/p-1. The van der Waals surface area contributed by atoms with Crippen molar-refractivity contribution in [2.45, 2.75) is 0 Å². The normalized spacial score (nSPS) is 10.4. The van der Waals surface area contributed by atoms with Crippen LogP contribution in [0.15, 0.2) is 30.8 Å². The minimum Gasteiger partial charge on any atom is -1.00 e. The van der Waals surface area contributed by atoms with Gasteiger partial charge in [0.05, 0.1) is 21.1 Å². The van der Waals surface area contributed by atoms with E-state index in [9.17, 15) is 0 Å². The summed E-state index contributed by atoms with van der Waals surface area (Å²) in [6, 6.07) is 8.45. The van der Waals surface area contributed by atoms with Crippen molar-refractivity contribution in [2.24, 2.45) is 0 Å². The highest BCUT2D eigenvalue weighted by atomic mass is 35.5. The molecule has 0 N–H and O–H groups in total. The summed E-state index contributed by atoms with van der Waals surface area (Å²) < 4.78 is 0.859. The predicted octanol–water partition coefficient (Wildman–Crippen LogP) is -0.470. The van der Waals surface area contributed by atoms with Gasteiger partial charge in [-0.2, -0.15) is 0 Å². The number of benzene rings is 1. The molecule has 1 rings (SSSR count). The lowest BCUT2D eigenvalue weighted by molar-refractivity contribution is -0.00000272. The highest BCUT2D eigenvalue weighted by Crippen LogP contribution is 2.17. The molecule has 0 aliphatic rings. The highest BCUT2D eigenvalue weighted by molar-refractivity contribution is 5.52. The number of quaternary nitrogens is 1. The molecule has 0 radical (unpaired) electrons. The van der Waals surface area contributed by atoms with Crippen LogP contribution >= 0.6 is 0 Å². The van der Waals surface area contributed by atoms with Crippen LogP contribution in [-0.2, 0) is 0 Å². The Hall–Kier alpha value is -0.790. The minimum absolute atomic E-state index is 0. The van der Waals surface area contributed by atoms with Crippen molar-refractivity contribution in [3.05, 3.63) is 36.4 Å². The van der Waals surface area contributed by atoms with Gasteiger partial charge in [-0.3, -0.25) is 4.48 Å². The van der Waals surface area contributed by atoms with Gasteiger partial charge in [-0.05, 0) is 29.8 Å². The Kier molecular flexibility index (Phi) is 4.18. The van der Waals surface area contributed by atoms with Crippen molar-refractivity contribution < 1.29 is 12.4 Å². The molecule has 1 aromatic carbocycles. The Labute approximate surface area is 86.7 Å². The van der Waals surface area contributed by atoms with Gasteiger partial charge in [0.1, 0.15) is 5.69 Å². The van der Waals surface area contributed by atoms with E-state index >= 15 is 0 Å². The smallest absolute Gasteiger partial charge is 0.132 e. The third-order valence-corrected chi connectivity index (χ3v) is 1.90. The molecule has 0 unspecified atom stereocenters. The molecular formula is C11H16ClN. The molecule has 0 atom stereocenters. The molecule has 0 aliphatic carbocycles. The van der Waals surface area contributed by atoms with Crippen molar-refractivity contribution in [3.8, 4) is 0 Å². The highest BCUT2D eigenvalue weighted by Gasteiger charge is 2.09. The van der Waals surface area contributed by atoms with E-state index in [1.165, 1.54) is 11.3 Å². The van der Waals surface area contributed by atoms with Crippen molar-refractivity contribution in [3.63, 3.8) is 0 Å². The van der Waals surface area contributed by atoms with Crippen LogP contribution in [0, 0.1) is 0 Å². The van der Waals surface area contributed by atoms with Gasteiger partial charge in [-0.1, -0.05) is 12.7 Å². The van der Waals surface area contributed by atoms with E-state index in [0.29, 0.717) is 0 Å². The van der Waals surface area contributed by atoms with E-state index in [1.54, 1.807) is 0 Å². The lowest BCUT2D eigenvalue weighted by Gasteiger charge is -2.23. The van der Waals surface area contributed by atoms with E-state index in [0.717, 1.165) is 4.48 Å². The molecule has 0 aromatic heterocycles. The molecule has 13 heavy (non-hydrogen) atoms. The molecule has 0 bridgehead atoms. The fourth-order valence-electron chi connectivity index (χ4n) is 1.06. The maximum atomic E-state index is 3.72. The van der Waals surface area contributed by atoms with Crippen molar-refractivity contribution in [1.29, 1.82) is 0 Å². The van der Waals surface area contributed by atoms with E-state index in [4.69, 9.17) is 0 Å². The largest absolute Gasteiger partial charge is 1.00 e. The molecule has 0 amide bonds. The molecule has 1 nitrogen and oxygen atoms in total. The number of hydrogen-bond acceptors (Lipinski definition) is 0. The van der Waals surface area contributed by atoms with Gasteiger partial charge >= 0.3 is 0 Å². The first kappa shape index (κ1) is 12.2. The molecule has 0 saturated carbocycles. The number of nitrogens with zero attached hydrogens (tertiary/aromatic N) is 1. The maximum absolute atomic E-state index is 3.72. The number of hydrogen-bond donors (Lipinski definition) is 0.